The highest BCUT2D eigenvalue weighted by Crippen LogP contribution is 2.44. The van der Waals surface area contributed by atoms with Gasteiger partial charge in [-0.05, 0) is 61.9 Å². The molecule has 0 bridgehead atoms. The van der Waals surface area contributed by atoms with Gasteiger partial charge in [-0.15, -0.1) is 8.93 Å². The Kier molecular flexibility index (Phi) is 4.91. The summed E-state index contributed by atoms with van der Waals surface area (Å²) in [6.45, 7) is 2.43. The van der Waals surface area contributed by atoms with Gasteiger partial charge in [-0.1, -0.05) is 28.0 Å². The van der Waals surface area contributed by atoms with Crippen LogP contribution in [0.25, 0.3) is 0 Å². The third-order valence-electron chi connectivity index (χ3n) is 4.73. The van der Waals surface area contributed by atoms with Crippen LogP contribution in [0.5, 0.6) is 0 Å². The summed E-state index contributed by atoms with van der Waals surface area (Å²) in [7, 11) is 4.08. The molecule has 88 valence electrons. The molecule has 2 rings (SSSR count). The maximum atomic E-state index is 2.96. The van der Waals surface area contributed by atoms with Crippen LogP contribution in [0.4, 0.5) is 0 Å². The van der Waals surface area contributed by atoms with Crippen molar-refractivity contribution in [2.75, 3.05) is 0 Å². The van der Waals surface area contributed by atoms with Gasteiger partial charge in [-0.3, -0.25) is 0 Å². The van der Waals surface area contributed by atoms with E-state index < -0.39 is 0 Å². The van der Waals surface area contributed by atoms with Gasteiger partial charge in [0.25, 0.3) is 0 Å². The maximum Gasteiger partial charge on any atom is -0.0202 e. The molecule has 2 aliphatic carbocycles. The summed E-state index contributed by atoms with van der Waals surface area (Å²) < 4.78 is 0. The molecule has 0 amide bonds. The summed E-state index contributed by atoms with van der Waals surface area (Å²) in [4.78, 5) is 0. The van der Waals surface area contributed by atoms with Crippen molar-refractivity contribution in [3.05, 3.63) is 0 Å². The van der Waals surface area contributed by atoms with Gasteiger partial charge in [0.2, 0.25) is 0 Å². The van der Waals surface area contributed by atoms with Gasteiger partial charge in [0.1, 0.15) is 0 Å². The third-order valence-corrected chi connectivity index (χ3v) is 7.20. The van der Waals surface area contributed by atoms with Gasteiger partial charge in [-0.2, -0.15) is 0 Å². The standard InChI is InChI=1S/C13H26P2/c1-10-2-4-11(5-3-10)12-6-8-13(15-14)9-7-12/h10-13,15H,2-9,14H2,1H3. The lowest BCUT2D eigenvalue weighted by molar-refractivity contribution is 0.174. The molecule has 0 aliphatic heterocycles. The van der Waals surface area contributed by atoms with E-state index in [9.17, 15) is 0 Å². The Hall–Kier alpha value is 0.860. The second kappa shape index (κ2) is 5.97. The molecule has 0 N–H and O–H groups in total. The zero-order valence-corrected chi connectivity index (χ0v) is 12.2. The van der Waals surface area contributed by atoms with E-state index in [2.05, 4.69) is 15.9 Å². The minimum absolute atomic E-state index is 1.02. The van der Waals surface area contributed by atoms with E-state index in [0.29, 0.717) is 0 Å². The van der Waals surface area contributed by atoms with Gasteiger partial charge < -0.3 is 0 Å². The van der Waals surface area contributed by atoms with Crippen molar-refractivity contribution >= 4 is 17.2 Å². The molecule has 0 aromatic heterocycles. The number of hydrogen-bond acceptors (Lipinski definition) is 0. The Morgan fingerprint density at radius 3 is 1.73 bits per heavy atom. The first-order valence-corrected chi connectivity index (χ1v) is 9.64. The molecule has 0 aromatic rings. The number of rotatable bonds is 2. The molecule has 0 nitrogen and oxygen atoms in total. The van der Waals surface area contributed by atoms with Crippen molar-refractivity contribution in [3.8, 4) is 0 Å². The minimum Gasteiger partial charge on any atom is -0.114 e. The molecule has 0 radical (unpaired) electrons. The molecular formula is C13H26P2. The summed E-state index contributed by atoms with van der Waals surface area (Å²) >= 11 is 0. The average Bonchev–Trinajstić information content (AvgIpc) is 2.30. The van der Waals surface area contributed by atoms with Crippen molar-refractivity contribution < 1.29 is 0 Å². The van der Waals surface area contributed by atoms with Gasteiger partial charge in [0, 0.05) is 0 Å². The highest BCUT2D eigenvalue weighted by Gasteiger charge is 2.29. The van der Waals surface area contributed by atoms with Crippen molar-refractivity contribution in [1.29, 1.82) is 0 Å². The first-order valence-electron chi connectivity index (χ1n) is 6.75. The highest BCUT2D eigenvalue weighted by atomic mass is 32.0. The minimum atomic E-state index is 1.02. The van der Waals surface area contributed by atoms with Gasteiger partial charge in [-0.25, -0.2) is 0 Å². The average molecular weight is 244 g/mol. The molecule has 2 unspecified atom stereocenters. The molecule has 0 spiro atoms. The smallest absolute Gasteiger partial charge is 0.0202 e. The summed E-state index contributed by atoms with van der Waals surface area (Å²) in [6.07, 6.45) is 12.2. The zero-order chi connectivity index (χ0) is 10.7. The van der Waals surface area contributed by atoms with Crippen LogP contribution in [0.2, 0.25) is 0 Å². The summed E-state index contributed by atoms with van der Waals surface area (Å²) in [5, 5.41) is 0. The maximum absolute atomic E-state index is 2.96. The van der Waals surface area contributed by atoms with Crippen LogP contribution in [0, 0.1) is 17.8 Å². The topological polar surface area (TPSA) is 0 Å². The van der Waals surface area contributed by atoms with Crippen LogP contribution in [0.15, 0.2) is 0 Å². The van der Waals surface area contributed by atoms with Crippen LogP contribution in [0.1, 0.15) is 58.3 Å². The fraction of sp³-hybridized carbons (Fsp3) is 1.00. The Morgan fingerprint density at radius 2 is 1.27 bits per heavy atom. The molecule has 2 saturated carbocycles. The van der Waals surface area contributed by atoms with Crippen LogP contribution in [0.3, 0.4) is 0 Å². The van der Waals surface area contributed by atoms with E-state index in [1.807, 2.05) is 0 Å². The molecule has 2 aliphatic rings. The monoisotopic (exact) mass is 244 g/mol. The lowest BCUT2D eigenvalue weighted by Crippen LogP contribution is -2.25. The fourth-order valence-corrected chi connectivity index (χ4v) is 5.18. The second-order valence-corrected chi connectivity index (χ2v) is 7.95. The van der Waals surface area contributed by atoms with Gasteiger partial charge in [0.05, 0.1) is 0 Å². The largest absolute Gasteiger partial charge is 0.114 e. The van der Waals surface area contributed by atoms with Gasteiger partial charge >= 0.3 is 0 Å². The Balaban J connectivity index is 1.75. The molecule has 2 fully saturated rings. The molecule has 0 aromatic carbocycles. The van der Waals surface area contributed by atoms with E-state index >= 15 is 0 Å². The summed E-state index contributed by atoms with van der Waals surface area (Å²) in [5.74, 6) is 3.23. The van der Waals surface area contributed by atoms with E-state index in [4.69, 9.17) is 0 Å². The van der Waals surface area contributed by atoms with Crippen molar-refractivity contribution in [2.24, 2.45) is 17.8 Å². The van der Waals surface area contributed by atoms with Crippen molar-refractivity contribution in [2.45, 2.75) is 63.9 Å². The molecular weight excluding hydrogens is 218 g/mol. The molecule has 2 heteroatoms. The quantitative estimate of drug-likeness (QED) is 0.610. The first kappa shape index (κ1) is 12.3. The van der Waals surface area contributed by atoms with E-state index in [-0.39, 0.29) is 0 Å². The highest BCUT2D eigenvalue weighted by molar-refractivity contribution is 8.03. The predicted octanol–water partition coefficient (Wildman–Crippen LogP) is 4.84. The van der Waals surface area contributed by atoms with E-state index in [0.717, 1.165) is 31.7 Å². The normalized spacial score (nSPS) is 43.6. The molecule has 0 saturated heterocycles. The van der Waals surface area contributed by atoms with Crippen LogP contribution in [-0.4, -0.2) is 5.66 Å². The first-order chi connectivity index (χ1) is 7.29. The molecule has 2 atom stereocenters. The van der Waals surface area contributed by atoms with Crippen LogP contribution < -0.4 is 0 Å². The van der Waals surface area contributed by atoms with Crippen molar-refractivity contribution in [1.82, 2.24) is 0 Å². The lowest BCUT2D eigenvalue weighted by atomic mass is 9.71. The molecule has 15 heavy (non-hydrogen) atoms. The SMILES string of the molecule is CC1CCC(C2CCC(PP)CC2)CC1. The summed E-state index contributed by atoms with van der Waals surface area (Å²) in [6, 6.07) is 0. The van der Waals surface area contributed by atoms with Crippen LogP contribution in [-0.2, 0) is 0 Å². The second-order valence-electron chi connectivity index (χ2n) is 5.80. The van der Waals surface area contributed by atoms with Crippen molar-refractivity contribution in [3.63, 3.8) is 0 Å². The Morgan fingerprint density at radius 1 is 0.800 bits per heavy atom. The lowest BCUT2D eigenvalue weighted by Gasteiger charge is -2.37. The number of hydrogen-bond donors (Lipinski definition) is 0. The predicted molar refractivity (Wildman–Crippen MR) is 74.9 cm³/mol. The fourth-order valence-electron chi connectivity index (χ4n) is 3.51. The Bertz CT molecular complexity index is 177. The van der Waals surface area contributed by atoms with Crippen LogP contribution >= 0.6 is 17.2 Å². The third kappa shape index (κ3) is 3.41. The summed E-state index contributed by atoms with van der Waals surface area (Å²) in [5.41, 5.74) is 1.06. The van der Waals surface area contributed by atoms with E-state index in [1.165, 1.54) is 25.7 Å². The van der Waals surface area contributed by atoms with E-state index in [1.54, 1.807) is 25.7 Å². The van der Waals surface area contributed by atoms with Gasteiger partial charge in [0.15, 0.2) is 0 Å². The molecule has 0 heterocycles. The Labute approximate surface area is 99.2 Å². The zero-order valence-electron chi connectivity index (χ0n) is 10.0.